The number of morpholine rings is 1. The number of amides is 2. The van der Waals surface area contributed by atoms with Gasteiger partial charge in [-0.15, -0.1) is 0 Å². The van der Waals surface area contributed by atoms with Gasteiger partial charge < -0.3 is 19.1 Å². The molecule has 0 unspecified atom stereocenters. The number of anilines is 1. The Balaban J connectivity index is 1.31. The van der Waals surface area contributed by atoms with Crippen LogP contribution in [0, 0.1) is 6.92 Å². The second kappa shape index (κ2) is 18.2. The zero-order valence-electron chi connectivity index (χ0n) is 35.0. The van der Waals surface area contributed by atoms with E-state index in [1.807, 2.05) is 60.2 Å². The molecule has 310 valence electrons. The molecular weight excluding hydrogens is 749 g/mol. The lowest BCUT2D eigenvalue weighted by molar-refractivity contribution is 0.0193. The zero-order valence-corrected chi connectivity index (χ0v) is 35.8. The number of fused-ring (bicyclic) bond motifs is 2. The average Bonchev–Trinajstić information content (AvgIpc) is 3.55. The molecule has 0 N–H and O–H groups in total. The van der Waals surface area contributed by atoms with Gasteiger partial charge in [-0.2, -0.15) is 12.7 Å². The molecule has 3 aromatic carbocycles. The van der Waals surface area contributed by atoms with E-state index in [0.717, 1.165) is 85.4 Å². The molecule has 1 atom stereocenters. The van der Waals surface area contributed by atoms with E-state index in [2.05, 4.69) is 47.6 Å². The van der Waals surface area contributed by atoms with E-state index in [0.29, 0.717) is 62.6 Å². The summed E-state index contributed by atoms with van der Waals surface area (Å²) in [5, 5.41) is 0. The van der Waals surface area contributed by atoms with Gasteiger partial charge >= 0.3 is 10.2 Å². The molecule has 4 heterocycles. The third-order valence-corrected chi connectivity index (χ3v) is 14.3. The Morgan fingerprint density at radius 3 is 2.17 bits per heavy atom. The Labute approximate surface area is 345 Å². The van der Waals surface area contributed by atoms with Gasteiger partial charge in [-0.1, -0.05) is 69.2 Å². The van der Waals surface area contributed by atoms with E-state index >= 15 is 4.79 Å². The third-order valence-electron chi connectivity index (χ3n) is 12.4. The second-order valence-electron chi connectivity index (χ2n) is 16.1. The molecule has 0 aliphatic carbocycles. The number of nitrogens with zero attached hydrogens (tertiary/aromatic N) is 6. The number of ether oxygens (including phenoxy) is 1. The van der Waals surface area contributed by atoms with Crippen molar-refractivity contribution in [2.75, 3.05) is 63.8 Å². The number of unbranched alkanes of at least 4 members (excludes halogenated alkanes) is 2. The minimum absolute atomic E-state index is 0.0219. The predicted octanol–water partition coefficient (Wildman–Crippen LogP) is 6.68. The van der Waals surface area contributed by atoms with Gasteiger partial charge in [0.1, 0.15) is 0 Å². The van der Waals surface area contributed by atoms with Crippen molar-refractivity contribution in [1.82, 2.24) is 23.6 Å². The maximum atomic E-state index is 15.5. The summed E-state index contributed by atoms with van der Waals surface area (Å²) in [7, 11) is -0.301. The molecular formula is C46H60N6O5S. The van der Waals surface area contributed by atoms with Gasteiger partial charge in [0, 0.05) is 95.0 Å². The van der Waals surface area contributed by atoms with E-state index in [1.54, 1.807) is 19.2 Å². The molecule has 1 saturated heterocycles. The minimum atomic E-state index is -3.86. The highest BCUT2D eigenvalue weighted by Gasteiger charge is 2.36. The van der Waals surface area contributed by atoms with Crippen LogP contribution in [0.1, 0.15) is 88.2 Å². The quantitative estimate of drug-likeness (QED) is 0.141. The molecule has 11 nitrogen and oxygen atoms in total. The fraction of sp³-hybridized carbons (Fsp3) is 0.478. The minimum Gasteiger partial charge on any atom is -0.379 e. The summed E-state index contributed by atoms with van der Waals surface area (Å²) < 4.78 is 38.7. The summed E-state index contributed by atoms with van der Waals surface area (Å²) in [6.07, 6.45) is 5.12. The second-order valence-corrected chi connectivity index (χ2v) is 18.1. The molecule has 0 radical (unpaired) electrons. The molecule has 1 fully saturated rings. The molecule has 7 rings (SSSR count). The number of rotatable bonds is 14. The van der Waals surface area contributed by atoms with Gasteiger partial charge in [0.05, 0.1) is 24.5 Å². The van der Waals surface area contributed by atoms with Gasteiger partial charge in [-0.25, -0.2) is 0 Å². The molecule has 3 aliphatic rings. The van der Waals surface area contributed by atoms with Gasteiger partial charge in [-0.05, 0) is 85.2 Å². The van der Waals surface area contributed by atoms with Gasteiger partial charge in [0.25, 0.3) is 11.8 Å². The van der Waals surface area contributed by atoms with E-state index in [1.165, 1.54) is 14.2 Å². The number of aromatic nitrogens is 1. The van der Waals surface area contributed by atoms with Crippen LogP contribution in [0.4, 0.5) is 5.69 Å². The number of carbonyl (C=O) groups excluding carboxylic acids is 2. The highest BCUT2D eigenvalue weighted by Crippen LogP contribution is 2.36. The number of para-hydroxylation sites is 1. The summed E-state index contributed by atoms with van der Waals surface area (Å²) >= 11 is 0. The van der Waals surface area contributed by atoms with Crippen LogP contribution in [0.2, 0.25) is 0 Å². The molecule has 0 spiro atoms. The summed E-state index contributed by atoms with van der Waals surface area (Å²) in [4.78, 5) is 36.1. The third kappa shape index (κ3) is 8.61. The Morgan fingerprint density at radius 2 is 1.48 bits per heavy atom. The van der Waals surface area contributed by atoms with Gasteiger partial charge in [0.15, 0.2) is 0 Å². The van der Waals surface area contributed by atoms with Crippen LogP contribution in [0.15, 0.2) is 72.8 Å². The van der Waals surface area contributed by atoms with E-state index in [-0.39, 0.29) is 24.4 Å². The van der Waals surface area contributed by atoms with Crippen molar-refractivity contribution in [2.45, 2.75) is 78.4 Å². The van der Waals surface area contributed by atoms with Crippen molar-refractivity contribution in [1.29, 1.82) is 0 Å². The van der Waals surface area contributed by atoms with Crippen molar-refractivity contribution in [2.24, 2.45) is 7.05 Å². The van der Waals surface area contributed by atoms with E-state index < -0.39 is 10.2 Å². The lowest BCUT2D eigenvalue weighted by Crippen LogP contribution is -2.52. The first-order valence-electron chi connectivity index (χ1n) is 21.1. The predicted molar refractivity (Wildman–Crippen MR) is 230 cm³/mol. The van der Waals surface area contributed by atoms with Crippen molar-refractivity contribution in [3.05, 3.63) is 112 Å². The monoisotopic (exact) mass is 808 g/mol. The highest BCUT2D eigenvalue weighted by molar-refractivity contribution is 7.90. The van der Waals surface area contributed by atoms with Crippen molar-refractivity contribution >= 4 is 27.7 Å². The van der Waals surface area contributed by atoms with Gasteiger partial charge in [0.2, 0.25) is 0 Å². The highest BCUT2D eigenvalue weighted by atomic mass is 32.2. The molecule has 2 amide bonds. The largest absolute Gasteiger partial charge is 0.379 e. The maximum absolute atomic E-state index is 15.5. The Bertz CT molecular complexity index is 2190. The molecule has 1 aromatic heterocycles. The Morgan fingerprint density at radius 1 is 0.810 bits per heavy atom. The topological polar surface area (TPSA) is 98.6 Å². The lowest BCUT2D eigenvalue weighted by Gasteiger charge is -2.41. The van der Waals surface area contributed by atoms with Crippen LogP contribution < -0.4 is 4.31 Å². The number of carbonyl (C=O) groups is 2. The Kier molecular flexibility index (Phi) is 13.1. The molecule has 58 heavy (non-hydrogen) atoms. The summed E-state index contributed by atoms with van der Waals surface area (Å²) in [5.41, 5.74) is 8.41. The van der Waals surface area contributed by atoms with Crippen LogP contribution in [0.3, 0.4) is 0 Å². The van der Waals surface area contributed by atoms with Crippen molar-refractivity contribution in [3.8, 4) is 11.3 Å². The molecule has 3 aliphatic heterocycles. The van der Waals surface area contributed by atoms with Crippen LogP contribution in [-0.2, 0) is 47.9 Å². The van der Waals surface area contributed by atoms with Crippen LogP contribution >= 0.6 is 0 Å². The van der Waals surface area contributed by atoms with Crippen molar-refractivity contribution in [3.63, 3.8) is 0 Å². The summed E-state index contributed by atoms with van der Waals surface area (Å²) in [5.74, 6) is -0.0696. The van der Waals surface area contributed by atoms with Crippen molar-refractivity contribution < 1.29 is 22.7 Å². The van der Waals surface area contributed by atoms with Gasteiger partial charge in [-0.3, -0.25) is 18.8 Å². The summed E-state index contributed by atoms with van der Waals surface area (Å²) in [6, 6.07) is 23.4. The molecule has 0 bridgehead atoms. The van der Waals surface area contributed by atoms with E-state index in [9.17, 15) is 13.2 Å². The molecule has 12 heteroatoms. The van der Waals surface area contributed by atoms with Crippen LogP contribution in [0.5, 0.6) is 0 Å². The van der Waals surface area contributed by atoms with Crippen LogP contribution in [0.25, 0.3) is 11.3 Å². The standard InChI is InChI=1S/C46H60N6O5S/c1-6-8-20-50(21-9-7-2)45(53)41-30-44(47(4)34(41)3)42-28-36-19-22-51(58(55,56)48(5)39-17-11-10-12-18-39)31-38(36)29-43(42)46(54)52-32-37-16-14-13-15-35(37)27-40(52)33-49-23-25-57-26-24-49/h10-18,28-30,40H,6-9,19-27,31-33H2,1-5H3/t40-/m0/s1. The fourth-order valence-electron chi connectivity index (χ4n) is 8.70. The average molecular weight is 809 g/mol. The number of hydrogen-bond donors (Lipinski definition) is 0. The normalized spacial score (nSPS) is 17.5. The SMILES string of the molecule is CCCCN(CCCC)C(=O)c1cc(-c2cc3c(cc2C(=O)N2Cc4ccccc4C[C@H]2CN2CCOCC2)CN(S(=O)(=O)N(C)c2ccccc2)CC3)n(C)c1C. The Hall–Kier alpha value is -4.49. The zero-order chi connectivity index (χ0) is 41.0. The summed E-state index contributed by atoms with van der Waals surface area (Å²) in [6.45, 7) is 12.3. The van der Waals surface area contributed by atoms with Crippen LogP contribution in [-0.4, -0.2) is 109 Å². The molecule has 0 saturated carbocycles. The first-order chi connectivity index (χ1) is 28.0. The first kappa shape index (κ1) is 41.7. The van der Waals surface area contributed by atoms with E-state index in [4.69, 9.17) is 4.74 Å². The number of hydrogen-bond acceptors (Lipinski definition) is 6. The first-order valence-corrected chi connectivity index (χ1v) is 22.5. The lowest BCUT2D eigenvalue weighted by atomic mass is 9.89. The maximum Gasteiger partial charge on any atom is 0.304 e. The molecule has 4 aromatic rings. The number of benzene rings is 3. The fourth-order valence-corrected chi connectivity index (χ4v) is 10.1. The smallest absolute Gasteiger partial charge is 0.304 e.